The van der Waals surface area contributed by atoms with Crippen LogP contribution in [0.25, 0.3) is 0 Å². The fraction of sp³-hybridized carbons (Fsp3) is 0.571. The second-order valence-corrected chi connectivity index (χ2v) is 7.79. The molecule has 2 rings (SSSR count). The number of nitrogens with one attached hydrogen (secondary N) is 1. The molecule has 1 saturated heterocycles. The Hall–Kier alpha value is -1.96. The zero-order valence-corrected chi connectivity index (χ0v) is 17.8. The van der Waals surface area contributed by atoms with Crippen molar-refractivity contribution in [3.8, 4) is 0 Å². The summed E-state index contributed by atoms with van der Waals surface area (Å²) < 4.78 is 15.8. The van der Waals surface area contributed by atoms with Crippen molar-refractivity contribution in [2.24, 2.45) is 5.92 Å². The predicted molar refractivity (Wildman–Crippen MR) is 108 cm³/mol. The molecule has 1 aromatic rings. The van der Waals surface area contributed by atoms with Gasteiger partial charge in [-0.2, -0.15) is 0 Å². The molecule has 0 aliphatic carbocycles. The average molecular weight is 426 g/mol. The standard InChI is InChI=1S/C21H28ClNO6/c1-14(24)18(23-19(25)16-8-10-17(22)11-9-16)7-5-4-6-15-12-28-21(2,29-13-15)20(26)27-3/h8-11,15,18H,4-7,12-13H2,1-3H3,(H,23,25). The Kier molecular flexibility index (Phi) is 8.61. The van der Waals surface area contributed by atoms with Crippen molar-refractivity contribution in [1.29, 1.82) is 0 Å². The molecule has 1 unspecified atom stereocenters. The molecule has 1 aliphatic rings. The van der Waals surface area contributed by atoms with Crippen molar-refractivity contribution in [1.82, 2.24) is 5.32 Å². The Balaban J connectivity index is 1.73. The first-order chi connectivity index (χ1) is 13.7. The molecule has 0 spiro atoms. The normalized spacial score (nSPS) is 22.6. The molecule has 8 heteroatoms. The SMILES string of the molecule is COC(=O)C1(C)OCC(CCCCC(NC(=O)c2ccc(Cl)cc2)C(C)=O)CO1. The van der Waals surface area contributed by atoms with E-state index in [0.29, 0.717) is 30.2 Å². The number of rotatable bonds is 9. The molecular weight excluding hydrogens is 398 g/mol. The van der Waals surface area contributed by atoms with E-state index in [2.05, 4.69) is 10.1 Å². The van der Waals surface area contributed by atoms with Crippen LogP contribution in [-0.2, 0) is 23.8 Å². The largest absolute Gasteiger partial charge is 0.465 e. The van der Waals surface area contributed by atoms with Gasteiger partial charge in [-0.05, 0) is 44.0 Å². The number of methoxy groups -OCH3 is 1. The van der Waals surface area contributed by atoms with Gasteiger partial charge in [0.2, 0.25) is 0 Å². The van der Waals surface area contributed by atoms with Crippen LogP contribution in [0.15, 0.2) is 24.3 Å². The number of ether oxygens (including phenoxy) is 3. The molecule has 1 aliphatic heterocycles. The Morgan fingerprint density at radius 3 is 2.38 bits per heavy atom. The molecule has 1 heterocycles. The molecule has 0 aromatic heterocycles. The van der Waals surface area contributed by atoms with Crippen molar-refractivity contribution in [2.75, 3.05) is 20.3 Å². The summed E-state index contributed by atoms with van der Waals surface area (Å²) in [4.78, 5) is 35.9. The second kappa shape index (κ2) is 10.7. The summed E-state index contributed by atoms with van der Waals surface area (Å²) in [6.07, 6.45) is 3.03. The first kappa shape index (κ1) is 23.3. The maximum absolute atomic E-state index is 12.3. The number of benzene rings is 1. The molecule has 7 nitrogen and oxygen atoms in total. The second-order valence-electron chi connectivity index (χ2n) is 7.35. The van der Waals surface area contributed by atoms with Crippen LogP contribution in [0.5, 0.6) is 0 Å². The number of ketones is 1. The third-order valence-electron chi connectivity index (χ3n) is 5.00. The maximum atomic E-state index is 12.3. The highest BCUT2D eigenvalue weighted by atomic mass is 35.5. The third kappa shape index (κ3) is 6.80. The number of hydrogen-bond donors (Lipinski definition) is 1. The number of unbranched alkanes of at least 4 members (excludes halogenated alkanes) is 1. The lowest BCUT2D eigenvalue weighted by atomic mass is 9.98. The predicted octanol–water partition coefficient (Wildman–Crippen LogP) is 3.14. The number of carbonyl (C=O) groups excluding carboxylic acids is 3. The highest BCUT2D eigenvalue weighted by molar-refractivity contribution is 6.30. The minimum Gasteiger partial charge on any atom is -0.465 e. The smallest absolute Gasteiger partial charge is 0.366 e. The van der Waals surface area contributed by atoms with Crippen LogP contribution < -0.4 is 5.32 Å². The van der Waals surface area contributed by atoms with Crippen LogP contribution in [0.3, 0.4) is 0 Å². The monoisotopic (exact) mass is 425 g/mol. The van der Waals surface area contributed by atoms with Gasteiger partial charge in [0.05, 0.1) is 26.4 Å². The molecule has 29 heavy (non-hydrogen) atoms. The minimum absolute atomic E-state index is 0.0782. The van der Waals surface area contributed by atoms with Gasteiger partial charge >= 0.3 is 5.97 Å². The van der Waals surface area contributed by atoms with Crippen molar-refractivity contribution in [2.45, 2.75) is 51.4 Å². The van der Waals surface area contributed by atoms with Gasteiger partial charge in [-0.15, -0.1) is 0 Å². The Bertz CT molecular complexity index is 712. The molecule has 0 bridgehead atoms. The summed E-state index contributed by atoms with van der Waals surface area (Å²) in [7, 11) is 1.30. The van der Waals surface area contributed by atoms with Gasteiger partial charge in [-0.25, -0.2) is 4.79 Å². The third-order valence-corrected chi connectivity index (χ3v) is 5.25. The van der Waals surface area contributed by atoms with Crippen molar-refractivity contribution >= 4 is 29.3 Å². The van der Waals surface area contributed by atoms with Gasteiger partial charge in [0.1, 0.15) is 0 Å². The van der Waals surface area contributed by atoms with Gasteiger partial charge in [-0.3, -0.25) is 9.59 Å². The lowest BCUT2D eigenvalue weighted by Gasteiger charge is -2.35. The number of esters is 1. The molecule has 1 amide bonds. The molecule has 0 radical (unpaired) electrons. The highest BCUT2D eigenvalue weighted by Gasteiger charge is 2.41. The number of Topliss-reactive ketones (excluding diaryl/α,β-unsaturated/α-hetero) is 1. The molecule has 1 fully saturated rings. The van der Waals surface area contributed by atoms with Crippen LogP contribution >= 0.6 is 11.6 Å². The molecule has 1 N–H and O–H groups in total. The summed E-state index contributed by atoms with van der Waals surface area (Å²) >= 11 is 5.83. The first-order valence-corrected chi connectivity index (χ1v) is 10.1. The molecular formula is C21H28ClNO6. The van der Waals surface area contributed by atoms with Crippen LogP contribution in [0, 0.1) is 5.92 Å². The van der Waals surface area contributed by atoms with E-state index in [0.717, 1.165) is 19.3 Å². The van der Waals surface area contributed by atoms with Crippen molar-refractivity contribution < 1.29 is 28.6 Å². The lowest BCUT2D eigenvalue weighted by molar-refractivity contribution is -0.272. The molecule has 1 aromatic carbocycles. The zero-order chi connectivity index (χ0) is 21.4. The average Bonchev–Trinajstić information content (AvgIpc) is 2.71. The van der Waals surface area contributed by atoms with E-state index >= 15 is 0 Å². The van der Waals surface area contributed by atoms with E-state index in [1.165, 1.54) is 14.0 Å². The Labute approximate surface area is 176 Å². The summed E-state index contributed by atoms with van der Waals surface area (Å²) in [5.74, 6) is -2.08. The number of carbonyl (C=O) groups is 3. The van der Waals surface area contributed by atoms with Crippen LogP contribution in [0.2, 0.25) is 5.02 Å². The number of halogens is 1. The van der Waals surface area contributed by atoms with E-state index in [4.69, 9.17) is 21.1 Å². The van der Waals surface area contributed by atoms with Gasteiger partial charge in [0.15, 0.2) is 5.78 Å². The van der Waals surface area contributed by atoms with Crippen LogP contribution in [0.4, 0.5) is 0 Å². The molecule has 160 valence electrons. The Morgan fingerprint density at radius 1 is 1.21 bits per heavy atom. The van der Waals surface area contributed by atoms with Crippen LogP contribution in [0.1, 0.15) is 49.9 Å². The van der Waals surface area contributed by atoms with Gasteiger partial charge in [0.25, 0.3) is 11.7 Å². The van der Waals surface area contributed by atoms with E-state index in [-0.39, 0.29) is 17.6 Å². The molecule has 0 saturated carbocycles. The van der Waals surface area contributed by atoms with Crippen LogP contribution in [-0.4, -0.2) is 49.8 Å². The van der Waals surface area contributed by atoms with E-state index in [1.54, 1.807) is 31.2 Å². The van der Waals surface area contributed by atoms with Gasteiger partial charge in [-0.1, -0.05) is 24.4 Å². The van der Waals surface area contributed by atoms with Crippen molar-refractivity contribution in [3.63, 3.8) is 0 Å². The zero-order valence-electron chi connectivity index (χ0n) is 17.0. The maximum Gasteiger partial charge on any atom is 0.366 e. The van der Waals surface area contributed by atoms with E-state index < -0.39 is 17.8 Å². The fourth-order valence-electron chi connectivity index (χ4n) is 3.11. The Morgan fingerprint density at radius 2 is 1.83 bits per heavy atom. The molecule has 1 atom stereocenters. The summed E-state index contributed by atoms with van der Waals surface area (Å²) in [6.45, 7) is 3.85. The first-order valence-electron chi connectivity index (χ1n) is 9.68. The summed E-state index contributed by atoms with van der Waals surface area (Å²) in [5, 5.41) is 3.34. The fourth-order valence-corrected chi connectivity index (χ4v) is 3.24. The summed E-state index contributed by atoms with van der Waals surface area (Å²) in [5.41, 5.74) is 0.464. The van der Waals surface area contributed by atoms with E-state index in [9.17, 15) is 14.4 Å². The van der Waals surface area contributed by atoms with E-state index in [1.807, 2.05) is 0 Å². The minimum atomic E-state index is -1.34. The quantitative estimate of drug-likeness (QED) is 0.482. The van der Waals surface area contributed by atoms with Gasteiger partial charge in [0, 0.05) is 23.4 Å². The van der Waals surface area contributed by atoms with Gasteiger partial charge < -0.3 is 19.5 Å². The topological polar surface area (TPSA) is 90.9 Å². The summed E-state index contributed by atoms with van der Waals surface area (Å²) in [6, 6.07) is 6.00. The number of amides is 1. The number of hydrogen-bond acceptors (Lipinski definition) is 6. The lowest BCUT2D eigenvalue weighted by Crippen LogP contribution is -2.48. The van der Waals surface area contributed by atoms with Crippen molar-refractivity contribution in [3.05, 3.63) is 34.9 Å². The highest BCUT2D eigenvalue weighted by Crippen LogP contribution is 2.25.